The molecule has 31 heavy (non-hydrogen) atoms. The number of carbonyl (C=O) groups is 1. The SMILES string of the molecule is CCCCCCCCOc1ccc(C(=O)NN=C2CCCCCCCCCCC2)cc1. The molecular weight excluding hydrogens is 384 g/mol. The van der Waals surface area contributed by atoms with E-state index in [9.17, 15) is 4.79 Å². The molecule has 0 atom stereocenters. The minimum atomic E-state index is -0.138. The Hall–Kier alpha value is -1.84. The molecule has 1 amide bonds. The van der Waals surface area contributed by atoms with Crippen LogP contribution in [0.1, 0.15) is 126 Å². The average Bonchev–Trinajstić information content (AvgIpc) is 2.78. The third-order valence-electron chi connectivity index (χ3n) is 6.13. The van der Waals surface area contributed by atoms with Crippen LogP contribution in [-0.4, -0.2) is 18.2 Å². The third kappa shape index (κ3) is 11.9. The number of benzene rings is 1. The van der Waals surface area contributed by atoms with Gasteiger partial charge in [0.2, 0.25) is 0 Å². The van der Waals surface area contributed by atoms with Crippen LogP contribution in [0.15, 0.2) is 29.4 Å². The van der Waals surface area contributed by atoms with Crippen molar-refractivity contribution in [2.75, 3.05) is 6.61 Å². The summed E-state index contributed by atoms with van der Waals surface area (Å²) in [6, 6.07) is 7.42. The second kappa shape index (κ2) is 16.8. The maximum absolute atomic E-state index is 12.5. The predicted molar refractivity (Wildman–Crippen MR) is 131 cm³/mol. The second-order valence-electron chi connectivity index (χ2n) is 8.94. The molecule has 1 aliphatic carbocycles. The number of hydrogen-bond donors (Lipinski definition) is 1. The van der Waals surface area contributed by atoms with Crippen LogP contribution in [0.5, 0.6) is 5.75 Å². The zero-order valence-corrected chi connectivity index (χ0v) is 19.8. The van der Waals surface area contributed by atoms with Gasteiger partial charge in [0.05, 0.1) is 6.61 Å². The van der Waals surface area contributed by atoms with Crippen LogP contribution in [0.3, 0.4) is 0 Å². The quantitative estimate of drug-likeness (QED) is 0.305. The van der Waals surface area contributed by atoms with E-state index in [-0.39, 0.29) is 5.91 Å². The smallest absolute Gasteiger partial charge is 0.271 e. The Morgan fingerprint density at radius 3 is 1.97 bits per heavy atom. The van der Waals surface area contributed by atoms with Gasteiger partial charge in [0.15, 0.2) is 0 Å². The van der Waals surface area contributed by atoms with Crippen LogP contribution in [0.2, 0.25) is 0 Å². The van der Waals surface area contributed by atoms with E-state index in [4.69, 9.17) is 4.74 Å². The standard InChI is InChI=1S/C27H44N2O2/c1-2-3-4-5-13-16-23-31-26-21-19-24(20-22-26)27(30)29-28-25-17-14-11-9-7-6-8-10-12-15-18-25/h19-22H,2-18,23H2,1H3,(H,29,30). The van der Waals surface area contributed by atoms with Crippen LogP contribution in [-0.2, 0) is 0 Å². The summed E-state index contributed by atoms with van der Waals surface area (Å²) in [7, 11) is 0. The summed E-state index contributed by atoms with van der Waals surface area (Å²) >= 11 is 0. The summed E-state index contributed by atoms with van der Waals surface area (Å²) in [6.07, 6.45) is 21.2. The Bertz CT molecular complexity index is 611. The predicted octanol–water partition coefficient (Wildman–Crippen LogP) is 7.82. The molecular formula is C27H44N2O2. The molecule has 1 aliphatic rings. The van der Waals surface area contributed by atoms with Crippen molar-refractivity contribution in [1.29, 1.82) is 0 Å². The Morgan fingerprint density at radius 1 is 0.806 bits per heavy atom. The first-order chi connectivity index (χ1) is 15.3. The van der Waals surface area contributed by atoms with E-state index in [1.807, 2.05) is 24.3 Å². The number of ether oxygens (including phenoxy) is 1. The van der Waals surface area contributed by atoms with E-state index in [1.165, 1.54) is 89.9 Å². The highest BCUT2D eigenvalue weighted by Gasteiger charge is 2.07. The summed E-state index contributed by atoms with van der Waals surface area (Å²) < 4.78 is 5.81. The molecule has 0 aliphatic heterocycles. The van der Waals surface area contributed by atoms with Crippen molar-refractivity contribution in [2.45, 2.75) is 116 Å². The van der Waals surface area contributed by atoms with Gasteiger partial charge in [0.1, 0.15) is 5.75 Å². The lowest BCUT2D eigenvalue weighted by Gasteiger charge is -2.10. The Labute approximate surface area is 190 Å². The first-order valence-corrected chi connectivity index (χ1v) is 12.9. The molecule has 1 aromatic rings. The summed E-state index contributed by atoms with van der Waals surface area (Å²) in [6.45, 7) is 2.98. The summed E-state index contributed by atoms with van der Waals surface area (Å²) in [5.41, 5.74) is 4.56. The van der Waals surface area contributed by atoms with Gasteiger partial charge >= 0.3 is 0 Å². The topological polar surface area (TPSA) is 50.7 Å². The van der Waals surface area contributed by atoms with Gasteiger partial charge in [0, 0.05) is 11.3 Å². The maximum atomic E-state index is 12.5. The molecule has 4 nitrogen and oxygen atoms in total. The molecule has 0 radical (unpaired) electrons. The van der Waals surface area contributed by atoms with E-state index in [0.29, 0.717) is 5.56 Å². The number of unbranched alkanes of at least 4 members (excludes halogenated alkanes) is 5. The Kier molecular flexibility index (Phi) is 13.8. The molecule has 0 bridgehead atoms. The largest absolute Gasteiger partial charge is 0.494 e. The van der Waals surface area contributed by atoms with Crippen molar-refractivity contribution in [3.63, 3.8) is 0 Å². The van der Waals surface area contributed by atoms with Gasteiger partial charge in [-0.05, 0) is 56.4 Å². The number of hydrogen-bond acceptors (Lipinski definition) is 3. The number of carbonyl (C=O) groups excluding carboxylic acids is 1. The number of rotatable bonds is 10. The molecule has 2 rings (SSSR count). The van der Waals surface area contributed by atoms with E-state index in [1.54, 1.807) is 0 Å². The monoisotopic (exact) mass is 428 g/mol. The molecule has 0 saturated heterocycles. The Balaban J connectivity index is 1.73. The van der Waals surface area contributed by atoms with Crippen molar-refractivity contribution in [1.82, 2.24) is 5.43 Å². The number of hydrazone groups is 1. The zero-order chi connectivity index (χ0) is 22.0. The minimum absolute atomic E-state index is 0.138. The fraction of sp³-hybridized carbons (Fsp3) is 0.704. The van der Waals surface area contributed by atoms with Crippen LogP contribution < -0.4 is 10.2 Å². The van der Waals surface area contributed by atoms with E-state index in [0.717, 1.165) is 37.3 Å². The van der Waals surface area contributed by atoms with E-state index < -0.39 is 0 Å². The molecule has 0 aromatic heterocycles. The van der Waals surface area contributed by atoms with E-state index >= 15 is 0 Å². The normalized spacial score (nSPS) is 16.1. The summed E-state index contributed by atoms with van der Waals surface area (Å²) in [4.78, 5) is 12.5. The number of nitrogens with zero attached hydrogens (tertiary/aromatic N) is 1. The van der Waals surface area contributed by atoms with Gasteiger partial charge in [-0.3, -0.25) is 4.79 Å². The highest BCUT2D eigenvalue weighted by Crippen LogP contribution is 2.16. The molecule has 4 heteroatoms. The molecule has 1 saturated carbocycles. The summed E-state index contributed by atoms with van der Waals surface area (Å²) in [5.74, 6) is 0.692. The van der Waals surface area contributed by atoms with Crippen molar-refractivity contribution >= 4 is 11.6 Å². The molecule has 1 fully saturated rings. The van der Waals surface area contributed by atoms with Crippen molar-refractivity contribution in [3.8, 4) is 5.75 Å². The highest BCUT2D eigenvalue weighted by molar-refractivity contribution is 5.95. The fourth-order valence-electron chi connectivity index (χ4n) is 4.10. The van der Waals surface area contributed by atoms with Crippen LogP contribution in [0.4, 0.5) is 0 Å². The van der Waals surface area contributed by atoms with Crippen LogP contribution in [0, 0.1) is 0 Å². The molecule has 174 valence electrons. The van der Waals surface area contributed by atoms with Gasteiger partial charge in [0.25, 0.3) is 5.91 Å². The van der Waals surface area contributed by atoms with Gasteiger partial charge in [-0.2, -0.15) is 5.10 Å². The fourth-order valence-corrected chi connectivity index (χ4v) is 4.10. The minimum Gasteiger partial charge on any atom is -0.494 e. The third-order valence-corrected chi connectivity index (χ3v) is 6.13. The van der Waals surface area contributed by atoms with Crippen LogP contribution in [0.25, 0.3) is 0 Å². The second-order valence-corrected chi connectivity index (χ2v) is 8.94. The molecule has 0 unspecified atom stereocenters. The lowest BCUT2D eigenvalue weighted by atomic mass is 10.00. The zero-order valence-electron chi connectivity index (χ0n) is 19.8. The van der Waals surface area contributed by atoms with Crippen molar-refractivity contribution in [3.05, 3.63) is 29.8 Å². The number of nitrogens with one attached hydrogen (secondary N) is 1. The molecule has 1 N–H and O–H groups in total. The number of amides is 1. The lowest BCUT2D eigenvalue weighted by Crippen LogP contribution is -2.20. The lowest BCUT2D eigenvalue weighted by molar-refractivity contribution is 0.0954. The van der Waals surface area contributed by atoms with Crippen molar-refractivity contribution in [2.24, 2.45) is 5.10 Å². The molecule has 0 heterocycles. The maximum Gasteiger partial charge on any atom is 0.271 e. The average molecular weight is 429 g/mol. The van der Waals surface area contributed by atoms with E-state index in [2.05, 4.69) is 17.5 Å². The first-order valence-electron chi connectivity index (χ1n) is 12.9. The molecule has 0 spiro atoms. The van der Waals surface area contributed by atoms with Crippen molar-refractivity contribution < 1.29 is 9.53 Å². The molecule has 1 aromatic carbocycles. The van der Waals surface area contributed by atoms with Gasteiger partial charge in [-0.25, -0.2) is 5.43 Å². The van der Waals surface area contributed by atoms with Gasteiger partial charge in [-0.1, -0.05) is 84.0 Å². The summed E-state index contributed by atoms with van der Waals surface area (Å²) in [5, 5.41) is 4.49. The van der Waals surface area contributed by atoms with Gasteiger partial charge in [-0.15, -0.1) is 0 Å². The highest BCUT2D eigenvalue weighted by atomic mass is 16.5. The Morgan fingerprint density at radius 2 is 1.35 bits per heavy atom. The van der Waals surface area contributed by atoms with Crippen LogP contribution >= 0.6 is 0 Å². The first kappa shape index (κ1) is 25.4. The van der Waals surface area contributed by atoms with Gasteiger partial charge < -0.3 is 4.74 Å².